The number of amides is 1. The molecule has 1 heterocycles. The molecule has 1 aliphatic heterocycles. The van der Waals surface area contributed by atoms with Crippen LogP contribution >= 0.6 is 16.1 Å². The molecular weight excluding hydrogens is 250 g/mol. The summed E-state index contributed by atoms with van der Waals surface area (Å²) in [6, 6.07) is 4.83. The lowest BCUT2D eigenvalue weighted by Gasteiger charge is -2.06. The SMILES string of the molecule is O=C(O)c1cccc2c1CC(=O)N2Br. The number of carbonyl (C=O) groups is 2. The first kappa shape index (κ1) is 9.21. The molecule has 0 saturated carbocycles. The maximum Gasteiger partial charge on any atom is 0.336 e. The highest BCUT2D eigenvalue weighted by atomic mass is 79.9. The molecule has 1 aliphatic rings. The van der Waals surface area contributed by atoms with Gasteiger partial charge in [0, 0.05) is 5.56 Å². The molecule has 1 aromatic rings. The van der Waals surface area contributed by atoms with Gasteiger partial charge >= 0.3 is 5.97 Å². The van der Waals surface area contributed by atoms with Crippen molar-refractivity contribution in [3.8, 4) is 0 Å². The highest BCUT2D eigenvalue weighted by Gasteiger charge is 2.29. The van der Waals surface area contributed by atoms with Crippen LogP contribution in [0.3, 0.4) is 0 Å². The first-order valence-corrected chi connectivity index (χ1v) is 4.66. The second kappa shape index (κ2) is 3.09. The first-order chi connectivity index (χ1) is 6.61. The number of rotatable bonds is 1. The minimum Gasteiger partial charge on any atom is -0.478 e. The van der Waals surface area contributed by atoms with Gasteiger partial charge in [0.25, 0.3) is 0 Å². The highest BCUT2D eigenvalue weighted by molar-refractivity contribution is 9.10. The summed E-state index contributed by atoms with van der Waals surface area (Å²) in [7, 11) is 0. The molecule has 1 amide bonds. The molecule has 0 aromatic heterocycles. The minimum absolute atomic E-state index is 0.142. The first-order valence-electron chi connectivity index (χ1n) is 3.95. The zero-order valence-corrected chi connectivity index (χ0v) is 8.61. The molecule has 14 heavy (non-hydrogen) atoms. The van der Waals surface area contributed by atoms with E-state index in [4.69, 9.17) is 5.11 Å². The molecule has 0 fully saturated rings. The number of nitrogens with zero attached hydrogens (tertiary/aromatic N) is 1. The van der Waals surface area contributed by atoms with E-state index in [9.17, 15) is 9.59 Å². The largest absolute Gasteiger partial charge is 0.478 e. The van der Waals surface area contributed by atoms with Gasteiger partial charge in [0.15, 0.2) is 0 Å². The number of carboxylic acids is 1. The second-order valence-corrected chi connectivity index (χ2v) is 3.67. The van der Waals surface area contributed by atoms with E-state index in [1.165, 1.54) is 9.99 Å². The zero-order valence-electron chi connectivity index (χ0n) is 7.03. The van der Waals surface area contributed by atoms with Gasteiger partial charge in [0.2, 0.25) is 5.91 Å². The normalized spacial score (nSPS) is 14.4. The number of hydrogen-bond acceptors (Lipinski definition) is 2. The van der Waals surface area contributed by atoms with Crippen molar-refractivity contribution in [2.75, 3.05) is 3.93 Å². The Morgan fingerprint density at radius 3 is 2.86 bits per heavy atom. The molecule has 0 aliphatic carbocycles. The fraction of sp³-hybridized carbons (Fsp3) is 0.111. The second-order valence-electron chi connectivity index (χ2n) is 2.96. The van der Waals surface area contributed by atoms with Crippen molar-refractivity contribution >= 4 is 33.7 Å². The van der Waals surface area contributed by atoms with E-state index in [1.54, 1.807) is 12.1 Å². The van der Waals surface area contributed by atoms with Crippen molar-refractivity contribution in [1.82, 2.24) is 0 Å². The Bertz CT molecular complexity index is 430. The van der Waals surface area contributed by atoms with Crippen LogP contribution < -0.4 is 3.93 Å². The molecule has 0 unspecified atom stereocenters. The lowest BCUT2D eigenvalue weighted by molar-refractivity contribution is -0.116. The number of benzene rings is 1. The molecule has 0 atom stereocenters. The Morgan fingerprint density at radius 2 is 2.21 bits per heavy atom. The van der Waals surface area contributed by atoms with Crippen molar-refractivity contribution in [3.63, 3.8) is 0 Å². The molecule has 5 heteroatoms. The van der Waals surface area contributed by atoms with Crippen LogP contribution in [0.15, 0.2) is 18.2 Å². The average Bonchev–Trinajstić information content (AvgIpc) is 2.43. The molecule has 2 rings (SSSR count). The third kappa shape index (κ3) is 1.21. The average molecular weight is 256 g/mol. The summed E-state index contributed by atoms with van der Waals surface area (Å²) in [5.74, 6) is -1.15. The molecule has 1 aromatic carbocycles. The summed E-state index contributed by atoms with van der Waals surface area (Å²) in [5.41, 5.74) is 1.38. The number of fused-ring (bicyclic) bond motifs is 1. The summed E-state index contributed by atoms with van der Waals surface area (Å²) in [4.78, 5) is 22.1. The number of aromatic carboxylic acids is 1. The fourth-order valence-electron chi connectivity index (χ4n) is 1.50. The third-order valence-electron chi connectivity index (χ3n) is 2.14. The maximum absolute atomic E-state index is 11.3. The Morgan fingerprint density at radius 1 is 1.50 bits per heavy atom. The highest BCUT2D eigenvalue weighted by Crippen LogP contribution is 2.33. The molecule has 0 spiro atoms. The van der Waals surface area contributed by atoms with E-state index >= 15 is 0 Å². The predicted molar refractivity (Wildman–Crippen MR) is 53.5 cm³/mol. The van der Waals surface area contributed by atoms with E-state index in [0.717, 1.165) is 0 Å². The number of carbonyl (C=O) groups excluding carboxylic acids is 1. The molecule has 0 saturated heterocycles. The van der Waals surface area contributed by atoms with E-state index in [0.29, 0.717) is 11.3 Å². The molecule has 0 radical (unpaired) electrons. The van der Waals surface area contributed by atoms with E-state index in [1.807, 2.05) is 0 Å². The van der Waals surface area contributed by atoms with Crippen LogP contribution in [0.4, 0.5) is 5.69 Å². The van der Waals surface area contributed by atoms with Crippen molar-refractivity contribution in [1.29, 1.82) is 0 Å². The lowest BCUT2D eigenvalue weighted by atomic mass is 10.1. The summed E-state index contributed by atoms with van der Waals surface area (Å²) in [6.07, 6.45) is 0.142. The number of hydrogen-bond donors (Lipinski definition) is 1. The Balaban J connectivity index is 2.61. The van der Waals surface area contributed by atoms with Gasteiger partial charge in [-0.15, -0.1) is 0 Å². The Hall–Kier alpha value is -1.36. The van der Waals surface area contributed by atoms with Crippen LogP contribution in [-0.4, -0.2) is 17.0 Å². The predicted octanol–water partition coefficient (Wildman–Crippen LogP) is 1.58. The quantitative estimate of drug-likeness (QED) is 0.776. The van der Waals surface area contributed by atoms with Gasteiger partial charge in [-0.3, -0.25) is 4.79 Å². The summed E-state index contributed by atoms with van der Waals surface area (Å²) in [5, 5.41) is 8.88. The van der Waals surface area contributed by atoms with Gasteiger partial charge in [-0.25, -0.2) is 8.72 Å². The van der Waals surface area contributed by atoms with Gasteiger partial charge < -0.3 is 5.11 Å². The monoisotopic (exact) mass is 255 g/mol. The third-order valence-corrected chi connectivity index (χ3v) is 2.92. The van der Waals surface area contributed by atoms with Crippen molar-refractivity contribution in [3.05, 3.63) is 29.3 Å². The molecule has 0 bridgehead atoms. The van der Waals surface area contributed by atoms with Crippen LogP contribution in [0.25, 0.3) is 0 Å². The summed E-state index contributed by atoms with van der Waals surface area (Å²) in [6.45, 7) is 0. The maximum atomic E-state index is 11.3. The fourth-order valence-corrected chi connectivity index (χ4v) is 1.96. The van der Waals surface area contributed by atoms with E-state index in [2.05, 4.69) is 16.1 Å². The van der Waals surface area contributed by atoms with Crippen molar-refractivity contribution in [2.24, 2.45) is 0 Å². The van der Waals surface area contributed by atoms with Crippen LogP contribution in [0.2, 0.25) is 0 Å². The van der Waals surface area contributed by atoms with Crippen molar-refractivity contribution < 1.29 is 14.7 Å². The van der Waals surface area contributed by atoms with Gasteiger partial charge in [0.05, 0.1) is 33.8 Å². The molecule has 1 N–H and O–H groups in total. The molecular formula is C9H6BrNO3. The van der Waals surface area contributed by atoms with Crippen LogP contribution in [-0.2, 0) is 11.2 Å². The van der Waals surface area contributed by atoms with Gasteiger partial charge in [-0.05, 0) is 12.1 Å². The Labute approximate surface area is 88.5 Å². The topological polar surface area (TPSA) is 57.6 Å². The number of carboxylic acid groups (broad SMARTS) is 1. The molecule has 4 nitrogen and oxygen atoms in total. The van der Waals surface area contributed by atoms with Crippen LogP contribution in [0, 0.1) is 0 Å². The van der Waals surface area contributed by atoms with Crippen molar-refractivity contribution in [2.45, 2.75) is 6.42 Å². The van der Waals surface area contributed by atoms with E-state index < -0.39 is 5.97 Å². The van der Waals surface area contributed by atoms with Crippen LogP contribution in [0.5, 0.6) is 0 Å². The minimum atomic E-state index is -1.00. The number of anilines is 1. The zero-order chi connectivity index (χ0) is 10.3. The van der Waals surface area contributed by atoms with Gasteiger partial charge in [-0.2, -0.15) is 0 Å². The Kier molecular flexibility index (Phi) is 2.03. The summed E-state index contributed by atoms with van der Waals surface area (Å²) < 4.78 is 1.30. The smallest absolute Gasteiger partial charge is 0.336 e. The standard InChI is InChI=1S/C9H6BrNO3/c10-11-7-3-1-2-5(9(13)14)6(7)4-8(11)12/h1-3H,4H2,(H,13,14). The van der Waals surface area contributed by atoms with Gasteiger partial charge in [0.1, 0.15) is 0 Å². The lowest BCUT2D eigenvalue weighted by Crippen LogP contribution is -2.13. The van der Waals surface area contributed by atoms with E-state index in [-0.39, 0.29) is 17.9 Å². The number of halogens is 1. The van der Waals surface area contributed by atoms with Gasteiger partial charge in [-0.1, -0.05) is 6.07 Å². The molecule has 72 valence electrons. The van der Waals surface area contributed by atoms with Crippen LogP contribution in [0.1, 0.15) is 15.9 Å². The summed E-state index contributed by atoms with van der Waals surface area (Å²) >= 11 is 3.08.